The molecule has 0 saturated heterocycles. The Morgan fingerprint density at radius 1 is 1.09 bits per heavy atom. The number of aryl methyl sites for hydroxylation is 3. The first-order valence-corrected chi connectivity index (χ1v) is 11.2. The predicted molar refractivity (Wildman–Crippen MR) is 133 cm³/mol. The second kappa shape index (κ2) is 8.95. The Morgan fingerprint density at radius 3 is 2.69 bits per heavy atom. The van der Waals surface area contributed by atoms with E-state index in [0.717, 1.165) is 33.2 Å². The fourth-order valence-corrected chi connectivity index (χ4v) is 4.15. The van der Waals surface area contributed by atoms with Crippen molar-refractivity contribution in [2.45, 2.75) is 20.8 Å². The van der Waals surface area contributed by atoms with Crippen LogP contribution in [0.15, 0.2) is 48.7 Å². The molecular formula is C27H23N5O3. The first kappa shape index (κ1) is 22.2. The number of aromatic nitrogens is 3. The molecule has 174 valence electrons. The van der Waals surface area contributed by atoms with Crippen molar-refractivity contribution in [3.05, 3.63) is 76.5 Å². The molecule has 0 saturated carbocycles. The predicted octanol–water partition coefficient (Wildman–Crippen LogP) is 4.64. The Bertz CT molecular complexity index is 1540. The highest BCUT2D eigenvalue weighted by atomic mass is 16.6. The van der Waals surface area contributed by atoms with Crippen molar-refractivity contribution in [1.29, 1.82) is 5.26 Å². The van der Waals surface area contributed by atoms with Gasteiger partial charge < -0.3 is 14.8 Å². The Hall–Kier alpha value is -4.64. The normalized spacial score (nSPS) is 12.6. The molecule has 2 aromatic carbocycles. The summed E-state index contributed by atoms with van der Waals surface area (Å²) in [5.74, 6) is 1.72. The van der Waals surface area contributed by atoms with Gasteiger partial charge in [0.15, 0.2) is 23.1 Å². The molecule has 0 radical (unpaired) electrons. The molecule has 1 N–H and O–H groups in total. The number of carbonyl (C=O) groups excluding carboxylic acids is 1. The number of nitrogens with one attached hydrogen (secondary N) is 1. The third kappa shape index (κ3) is 4.32. The molecule has 0 spiro atoms. The number of hydrogen-bond acceptors (Lipinski definition) is 6. The summed E-state index contributed by atoms with van der Waals surface area (Å²) in [4.78, 5) is 17.6. The third-order valence-corrected chi connectivity index (χ3v) is 5.78. The molecule has 35 heavy (non-hydrogen) atoms. The van der Waals surface area contributed by atoms with Crippen LogP contribution in [0.1, 0.15) is 27.8 Å². The first-order chi connectivity index (χ1) is 16.9. The Kier molecular flexibility index (Phi) is 5.67. The Morgan fingerprint density at radius 2 is 1.89 bits per heavy atom. The number of anilines is 1. The van der Waals surface area contributed by atoms with Gasteiger partial charge in [0.25, 0.3) is 0 Å². The van der Waals surface area contributed by atoms with Gasteiger partial charge in [0.2, 0.25) is 5.91 Å². The summed E-state index contributed by atoms with van der Waals surface area (Å²) in [6.45, 7) is 7.09. The van der Waals surface area contributed by atoms with Crippen LogP contribution in [0.4, 0.5) is 5.82 Å². The third-order valence-electron chi connectivity index (χ3n) is 5.78. The van der Waals surface area contributed by atoms with Crippen molar-refractivity contribution < 1.29 is 14.3 Å². The van der Waals surface area contributed by atoms with Crippen LogP contribution < -0.4 is 14.8 Å². The lowest BCUT2D eigenvalue weighted by Crippen LogP contribution is -2.15. The largest absolute Gasteiger partial charge is 0.486 e. The van der Waals surface area contributed by atoms with E-state index in [1.807, 2.05) is 38.1 Å². The van der Waals surface area contributed by atoms with Crippen LogP contribution in [0.25, 0.3) is 22.8 Å². The molecule has 2 aromatic heterocycles. The van der Waals surface area contributed by atoms with E-state index in [1.54, 1.807) is 6.08 Å². The average molecular weight is 466 g/mol. The zero-order chi connectivity index (χ0) is 24.5. The van der Waals surface area contributed by atoms with E-state index in [-0.39, 0.29) is 11.4 Å². The maximum Gasteiger partial charge on any atom is 0.249 e. The van der Waals surface area contributed by atoms with E-state index in [0.29, 0.717) is 30.5 Å². The SMILES string of the molecule is Cc1cc(C)c2nc(-n3ncc(C#N)c3NC(=O)/C=C\c3ccc4c(c3)OCCO4)cc(C)c2c1. The second-order valence-corrected chi connectivity index (χ2v) is 8.43. The van der Waals surface area contributed by atoms with Gasteiger partial charge in [0, 0.05) is 11.5 Å². The molecule has 4 aromatic rings. The molecule has 0 fully saturated rings. The summed E-state index contributed by atoms with van der Waals surface area (Å²) in [7, 11) is 0. The van der Waals surface area contributed by atoms with Crippen LogP contribution in [0.3, 0.4) is 0 Å². The fraction of sp³-hybridized carbons (Fsp3) is 0.185. The van der Waals surface area contributed by atoms with Crippen LogP contribution in [0.5, 0.6) is 11.5 Å². The van der Waals surface area contributed by atoms with Crippen molar-refractivity contribution >= 4 is 28.7 Å². The number of nitrogens with zero attached hydrogens (tertiary/aromatic N) is 4. The smallest absolute Gasteiger partial charge is 0.249 e. The summed E-state index contributed by atoms with van der Waals surface area (Å²) in [5, 5.41) is 17.8. The first-order valence-electron chi connectivity index (χ1n) is 11.2. The molecule has 0 unspecified atom stereocenters. The summed E-state index contributed by atoms with van der Waals surface area (Å²) in [6, 6.07) is 13.6. The van der Waals surface area contributed by atoms with Crippen molar-refractivity contribution in [3.63, 3.8) is 0 Å². The number of pyridine rings is 1. The number of fused-ring (bicyclic) bond motifs is 2. The van der Waals surface area contributed by atoms with Gasteiger partial charge in [-0.05, 0) is 67.8 Å². The molecule has 3 heterocycles. The maximum atomic E-state index is 12.8. The van der Waals surface area contributed by atoms with Crippen molar-refractivity contribution in [2.24, 2.45) is 0 Å². The summed E-state index contributed by atoms with van der Waals surface area (Å²) in [5.41, 5.74) is 5.13. The molecule has 8 nitrogen and oxygen atoms in total. The van der Waals surface area contributed by atoms with Crippen molar-refractivity contribution in [2.75, 3.05) is 18.5 Å². The van der Waals surface area contributed by atoms with Crippen LogP contribution in [-0.4, -0.2) is 33.9 Å². The molecule has 1 aliphatic rings. The highest BCUT2D eigenvalue weighted by Gasteiger charge is 2.17. The van der Waals surface area contributed by atoms with E-state index < -0.39 is 5.91 Å². The quantitative estimate of drug-likeness (QED) is 0.441. The Labute approximate surface area is 202 Å². The monoisotopic (exact) mass is 465 g/mol. The maximum absolute atomic E-state index is 12.8. The molecule has 1 amide bonds. The highest BCUT2D eigenvalue weighted by Crippen LogP contribution is 2.31. The van der Waals surface area contributed by atoms with Crippen LogP contribution in [0.2, 0.25) is 0 Å². The summed E-state index contributed by atoms with van der Waals surface area (Å²) in [6.07, 6.45) is 4.49. The standard InChI is InChI=1S/C27H23N5O3/c1-16-10-18(3)26-21(11-16)17(2)12-24(30-26)32-27(20(14-28)15-29-32)31-25(33)7-5-19-4-6-22-23(13-19)35-9-8-34-22/h4-7,10-13,15H,8-9H2,1-3H3,(H,31,33)/b7-5-. The van der Waals surface area contributed by atoms with Crippen molar-refractivity contribution in [3.8, 4) is 23.4 Å². The minimum Gasteiger partial charge on any atom is -0.486 e. The minimum absolute atomic E-state index is 0.242. The van der Waals surface area contributed by atoms with Gasteiger partial charge in [-0.15, -0.1) is 0 Å². The van der Waals surface area contributed by atoms with E-state index in [1.165, 1.54) is 17.0 Å². The second-order valence-electron chi connectivity index (χ2n) is 8.43. The van der Waals surface area contributed by atoms with E-state index in [4.69, 9.17) is 14.5 Å². The van der Waals surface area contributed by atoms with Gasteiger partial charge in [-0.25, -0.2) is 4.98 Å². The zero-order valence-corrected chi connectivity index (χ0v) is 19.6. The van der Waals surface area contributed by atoms with E-state index >= 15 is 0 Å². The number of nitriles is 1. The lowest BCUT2D eigenvalue weighted by molar-refractivity contribution is -0.111. The fourth-order valence-electron chi connectivity index (χ4n) is 4.15. The van der Waals surface area contributed by atoms with Crippen LogP contribution in [-0.2, 0) is 4.79 Å². The molecule has 1 aliphatic heterocycles. The van der Waals surface area contributed by atoms with Crippen LogP contribution >= 0.6 is 0 Å². The number of hydrogen-bond donors (Lipinski definition) is 1. The number of benzene rings is 2. The highest BCUT2D eigenvalue weighted by molar-refractivity contribution is 6.02. The summed E-state index contributed by atoms with van der Waals surface area (Å²) < 4.78 is 12.6. The van der Waals surface area contributed by atoms with Gasteiger partial charge >= 0.3 is 0 Å². The van der Waals surface area contributed by atoms with Gasteiger partial charge in [-0.2, -0.15) is 15.0 Å². The average Bonchev–Trinajstić information content (AvgIpc) is 3.25. The molecule has 0 atom stereocenters. The van der Waals surface area contributed by atoms with Gasteiger partial charge in [0.1, 0.15) is 24.8 Å². The topological polar surface area (TPSA) is 102 Å². The minimum atomic E-state index is -0.401. The lowest BCUT2D eigenvalue weighted by atomic mass is 10.0. The zero-order valence-electron chi connectivity index (χ0n) is 19.6. The molecule has 0 bridgehead atoms. The number of ether oxygens (including phenoxy) is 2. The van der Waals surface area contributed by atoms with E-state index in [9.17, 15) is 10.1 Å². The van der Waals surface area contributed by atoms with E-state index in [2.05, 4.69) is 35.5 Å². The van der Waals surface area contributed by atoms with Crippen LogP contribution in [0, 0.1) is 32.1 Å². The molecule has 8 heteroatoms. The number of carbonyl (C=O) groups is 1. The molecule has 0 aliphatic carbocycles. The number of rotatable bonds is 4. The van der Waals surface area contributed by atoms with Gasteiger partial charge in [-0.1, -0.05) is 17.7 Å². The lowest BCUT2D eigenvalue weighted by Gasteiger charge is -2.18. The van der Waals surface area contributed by atoms with Crippen molar-refractivity contribution in [1.82, 2.24) is 14.8 Å². The molecular weight excluding hydrogens is 442 g/mol. The van der Waals surface area contributed by atoms with Gasteiger partial charge in [0.05, 0.1) is 11.7 Å². The number of amides is 1. The summed E-state index contributed by atoms with van der Waals surface area (Å²) >= 11 is 0. The molecule has 5 rings (SSSR count). The van der Waals surface area contributed by atoms with Gasteiger partial charge in [-0.3, -0.25) is 4.79 Å². The Balaban J connectivity index is 1.45.